The van der Waals surface area contributed by atoms with Gasteiger partial charge in [0, 0.05) is 11.0 Å². The van der Waals surface area contributed by atoms with Crippen LogP contribution in [0, 0.1) is 10.1 Å². The molecule has 0 saturated carbocycles. The maximum atomic E-state index is 12.3. The number of carbonyl (C=O) groups is 1. The first kappa shape index (κ1) is 17.3. The number of thioether (sulfide) groups is 1. The Hall–Kier alpha value is -2.05. The maximum Gasteiger partial charge on any atom is 0.292 e. The smallest absolute Gasteiger partial charge is 0.292 e. The molecule has 1 amide bonds. The summed E-state index contributed by atoms with van der Waals surface area (Å²) in [4.78, 5) is 23.8. The van der Waals surface area contributed by atoms with Crippen LogP contribution >= 0.6 is 23.4 Å². The minimum atomic E-state index is -0.517. The van der Waals surface area contributed by atoms with Crippen molar-refractivity contribution < 1.29 is 9.72 Å². The molecule has 0 fully saturated rings. The molecule has 0 aliphatic carbocycles. The molecule has 0 spiro atoms. The molecule has 7 heteroatoms. The zero-order valence-corrected chi connectivity index (χ0v) is 14.0. The molecule has 2 rings (SSSR count). The van der Waals surface area contributed by atoms with Crippen LogP contribution in [0.4, 0.5) is 11.4 Å². The van der Waals surface area contributed by atoms with Crippen LogP contribution in [0.5, 0.6) is 0 Å². The number of carbonyl (C=O) groups excluding carboxylic acids is 1. The van der Waals surface area contributed by atoms with Crippen LogP contribution in [0.1, 0.15) is 23.7 Å². The maximum absolute atomic E-state index is 12.3. The summed E-state index contributed by atoms with van der Waals surface area (Å²) in [5.74, 6) is 0.423. The van der Waals surface area contributed by atoms with E-state index in [9.17, 15) is 14.9 Å². The lowest BCUT2D eigenvalue weighted by Gasteiger charge is -2.09. The van der Waals surface area contributed by atoms with E-state index in [1.54, 1.807) is 48.2 Å². The van der Waals surface area contributed by atoms with E-state index in [2.05, 4.69) is 12.2 Å². The van der Waals surface area contributed by atoms with E-state index in [4.69, 9.17) is 11.6 Å². The van der Waals surface area contributed by atoms with Gasteiger partial charge in [0.25, 0.3) is 11.6 Å². The number of amides is 1. The van der Waals surface area contributed by atoms with Crippen molar-refractivity contribution in [3.63, 3.8) is 0 Å². The lowest BCUT2D eigenvalue weighted by Crippen LogP contribution is -2.13. The number of nitrogens with one attached hydrogen (secondary N) is 1. The third kappa shape index (κ3) is 4.46. The van der Waals surface area contributed by atoms with Gasteiger partial charge in [-0.3, -0.25) is 14.9 Å². The Bertz CT molecular complexity index is 737. The quantitative estimate of drug-likeness (QED) is 0.452. The Morgan fingerprint density at radius 2 is 2.04 bits per heavy atom. The first-order valence-electron chi connectivity index (χ1n) is 7.00. The van der Waals surface area contributed by atoms with E-state index in [0.717, 1.165) is 17.1 Å². The van der Waals surface area contributed by atoms with Gasteiger partial charge in [-0.25, -0.2) is 0 Å². The number of anilines is 1. The zero-order chi connectivity index (χ0) is 16.8. The number of rotatable bonds is 6. The lowest BCUT2D eigenvalue weighted by molar-refractivity contribution is -0.384. The number of nitro benzene ring substituents is 1. The molecule has 2 aromatic rings. The van der Waals surface area contributed by atoms with Crippen LogP contribution in [-0.2, 0) is 0 Å². The Labute approximate surface area is 143 Å². The van der Waals surface area contributed by atoms with Crippen molar-refractivity contribution in [2.24, 2.45) is 0 Å². The molecule has 0 atom stereocenters. The predicted octanol–water partition coefficient (Wildman–Crippen LogP) is 5.00. The molecule has 0 saturated heterocycles. The summed E-state index contributed by atoms with van der Waals surface area (Å²) >= 11 is 7.57. The molecule has 5 nitrogen and oxygen atoms in total. The normalized spacial score (nSPS) is 10.3. The van der Waals surface area contributed by atoms with Crippen molar-refractivity contribution in [1.29, 1.82) is 0 Å². The number of halogens is 1. The predicted molar refractivity (Wildman–Crippen MR) is 93.5 cm³/mol. The van der Waals surface area contributed by atoms with E-state index in [1.807, 2.05) is 0 Å². The second kappa shape index (κ2) is 7.99. The summed E-state index contributed by atoms with van der Waals surface area (Å²) in [5.41, 5.74) is 0.294. The summed E-state index contributed by atoms with van der Waals surface area (Å²) in [6, 6.07) is 11.3. The van der Waals surface area contributed by atoms with Crippen molar-refractivity contribution in [2.45, 2.75) is 18.2 Å². The van der Waals surface area contributed by atoms with E-state index in [-0.39, 0.29) is 16.9 Å². The summed E-state index contributed by atoms with van der Waals surface area (Å²) in [6.45, 7) is 2.05. The van der Waals surface area contributed by atoms with Crippen LogP contribution in [0.25, 0.3) is 0 Å². The lowest BCUT2D eigenvalue weighted by atomic mass is 10.2. The highest BCUT2D eigenvalue weighted by Crippen LogP contribution is 2.31. The average Bonchev–Trinajstić information content (AvgIpc) is 2.53. The molecular formula is C16H15ClN2O3S. The molecule has 120 valence electrons. The zero-order valence-electron chi connectivity index (χ0n) is 12.4. The topological polar surface area (TPSA) is 72.2 Å². The van der Waals surface area contributed by atoms with Crippen molar-refractivity contribution in [3.8, 4) is 0 Å². The fourth-order valence-corrected chi connectivity index (χ4v) is 2.95. The summed E-state index contributed by atoms with van der Waals surface area (Å²) in [5, 5.41) is 14.0. The van der Waals surface area contributed by atoms with E-state index in [1.165, 1.54) is 6.07 Å². The van der Waals surface area contributed by atoms with Gasteiger partial charge in [0.05, 0.1) is 15.5 Å². The van der Waals surface area contributed by atoms with Gasteiger partial charge in [0.1, 0.15) is 5.69 Å². The molecule has 2 aromatic carbocycles. The van der Waals surface area contributed by atoms with Gasteiger partial charge in [0.15, 0.2) is 0 Å². The molecule has 23 heavy (non-hydrogen) atoms. The Morgan fingerprint density at radius 3 is 2.70 bits per heavy atom. The largest absolute Gasteiger partial charge is 0.316 e. The van der Waals surface area contributed by atoms with Gasteiger partial charge in [-0.15, -0.1) is 11.8 Å². The fraction of sp³-hybridized carbons (Fsp3) is 0.188. The molecule has 0 aliphatic rings. The fourth-order valence-electron chi connectivity index (χ4n) is 1.92. The summed E-state index contributed by atoms with van der Waals surface area (Å²) in [7, 11) is 0. The minimum Gasteiger partial charge on any atom is -0.316 e. The van der Waals surface area contributed by atoms with Crippen LogP contribution in [0.2, 0.25) is 5.02 Å². The number of nitrogens with zero attached hydrogens (tertiary/aromatic N) is 1. The van der Waals surface area contributed by atoms with E-state index < -0.39 is 10.8 Å². The van der Waals surface area contributed by atoms with Crippen molar-refractivity contribution >= 4 is 40.6 Å². The third-order valence-corrected chi connectivity index (χ3v) is 4.53. The second-order valence-electron chi connectivity index (χ2n) is 4.72. The molecule has 0 bridgehead atoms. The van der Waals surface area contributed by atoms with Gasteiger partial charge in [-0.2, -0.15) is 0 Å². The van der Waals surface area contributed by atoms with Crippen LogP contribution in [0.3, 0.4) is 0 Å². The monoisotopic (exact) mass is 350 g/mol. The average molecular weight is 351 g/mol. The van der Waals surface area contributed by atoms with Crippen molar-refractivity contribution in [1.82, 2.24) is 0 Å². The third-order valence-electron chi connectivity index (χ3n) is 3.00. The standard InChI is InChI=1S/C16H15ClN2O3S/c1-2-9-23-11-7-8-15(19(21)22)14(10-11)18-16(20)12-5-3-4-6-13(12)17/h3-8,10H,2,9H2,1H3,(H,18,20). The highest BCUT2D eigenvalue weighted by atomic mass is 35.5. The van der Waals surface area contributed by atoms with Crippen LogP contribution in [0.15, 0.2) is 47.4 Å². The molecule has 0 unspecified atom stereocenters. The van der Waals surface area contributed by atoms with Gasteiger partial charge in [0.2, 0.25) is 0 Å². The van der Waals surface area contributed by atoms with E-state index >= 15 is 0 Å². The Morgan fingerprint density at radius 1 is 1.30 bits per heavy atom. The van der Waals surface area contributed by atoms with Gasteiger partial charge in [-0.05, 0) is 36.4 Å². The number of nitro groups is 1. The van der Waals surface area contributed by atoms with Crippen LogP contribution in [-0.4, -0.2) is 16.6 Å². The SMILES string of the molecule is CCCSc1ccc([N+](=O)[O-])c(NC(=O)c2ccccc2Cl)c1. The van der Waals surface area contributed by atoms with Gasteiger partial charge < -0.3 is 5.32 Å². The molecule has 1 N–H and O–H groups in total. The molecule has 0 aromatic heterocycles. The van der Waals surface area contributed by atoms with Crippen molar-refractivity contribution in [3.05, 3.63) is 63.2 Å². The van der Waals surface area contributed by atoms with Gasteiger partial charge >= 0.3 is 0 Å². The Balaban J connectivity index is 2.31. The summed E-state index contributed by atoms with van der Waals surface area (Å²) in [6.07, 6.45) is 0.989. The number of benzene rings is 2. The second-order valence-corrected chi connectivity index (χ2v) is 6.29. The number of hydrogen-bond acceptors (Lipinski definition) is 4. The molecular weight excluding hydrogens is 336 g/mol. The molecule has 0 heterocycles. The number of hydrogen-bond donors (Lipinski definition) is 1. The van der Waals surface area contributed by atoms with Crippen molar-refractivity contribution in [2.75, 3.05) is 11.1 Å². The molecule has 0 radical (unpaired) electrons. The summed E-state index contributed by atoms with van der Waals surface area (Å²) < 4.78 is 0. The first-order chi connectivity index (χ1) is 11.0. The first-order valence-corrected chi connectivity index (χ1v) is 8.36. The highest BCUT2D eigenvalue weighted by Gasteiger charge is 2.18. The van der Waals surface area contributed by atoms with Crippen LogP contribution < -0.4 is 5.32 Å². The van der Waals surface area contributed by atoms with E-state index in [0.29, 0.717) is 5.02 Å². The minimum absolute atomic E-state index is 0.147. The Kier molecular flexibility index (Phi) is 6.01. The van der Waals surface area contributed by atoms with Gasteiger partial charge in [-0.1, -0.05) is 30.7 Å². The molecule has 0 aliphatic heterocycles. The highest BCUT2D eigenvalue weighted by molar-refractivity contribution is 7.99.